The van der Waals surface area contributed by atoms with Gasteiger partial charge in [0.2, 0.25) is 0 Å². The fourth-order valence-corrected chi connectivity index (χ4v) is 2.30. The highest BCUT2D eigenvalue weighted by Crippen LogP contribution is 2.27. The van der Waals surface area contributed by atoms with Gasteiger partial charge in [-0.3, -0.25) is 0 Å². The molecule has 0 radical (unpaired) electrons. The predicted molar refractivity (Wildman–Crippen MR) is 65.2 cm³/mol. The number of nitrogens with zero attached hydrogens (tertiary/aromatic N) is 4. The Kier molecular flexibility index (Phi) is 3.41. The molecule has 3 N–H and O–H groups in total. The van der Waals surface area contributed by atoms with Crippen molar-refractivity contribution in [1.82, 2.24) is 10.2 Å². The highest BCUT2D eigenvalue weighted by molar-refractivity contribution is 6.01. The largest absolute Gasteiger partial charge is 0.409 e. The van der Waals surface area contributed by atoms with Gasteiger partial charge in [0.15, 0.2) is 11.7 Å². The van der Waals surface area contributed by atoms with Gasteiger partial charge in [0, 0.05) is 13.1 Å². The lowest BCUT2D eigenvalue weighted by Gasteiger charge is -2.26. The number of amidine groups is 1. The summed E-state index contributed by atoms with van der Waals surface area (Å²) in [4.78, 5) is 2.08. The standard InChI is InChI=1S/C11H17N5O/c1-16(8-4-2-3-5-8)11-9(10(12)15-17)6-7-13-14-11/h6-8,17H,2-5H2,1H3,(H2,12,15). The summed E-state index contributed by atoms with van der Waals surface area (Å²) in [7, 11) is 1.98. The summed E-state index contributed by atoms with van der Waals surface area (Å²) in [5.74, 6) is 0.745. The maximum Gasteiger partial charge on any atom is 0.173 e. The molecule has 6 heteroatoms. The van der Waals surface area contributed by atoms with Gasteiger partial charge in [0.05, 0.1) is 11.8 Å². The molecule has 17 heavy (non-hydrogen) atoms. The molecule has 0 spiro atoms. The van der Waals surface area contributed by atoms with E-state index in [0.717, 1.165) is 12.8 Å². The summed E-state index contributed by atoms with van der Waals surface area (Å²) in [5, 5.41) is 19.8. The van der Waals surface area contributed by atoms with Crippen LogP contribution in [0.25, 0.3) is 0 Å². The molecule has 1 aliphatic carbocycles. The first kappa shape index (κ1) is 11.6. The Bertz CT molecular complexity index is 414. The van der Waals surface area contributed by atoms with Crippen LogP contribution in [0.5, 0.6) is 0 Å². The van der Waals surface area contributed by atoms with Crippen molar-refractivity contribution in [2.24, 2.45) is 10.9 Å². The molecule has 2 rings (SSSR count). The minimum Gasteiger partial charge on any atom is -0.409 e. The number of hydrogen-bond acceptors (Lipinski definition) is 5. The smallest absolute Gasteiger partial charge is 0.173 e. The van der Waals surface area contributed by atoms with Gasteiger partial charge in [-0.05, 0) is 18.9 Å². The minimum atomic E-state index is 0.0692. The van der Waals surface area contributed by atoms with Crippen molar-refractivity contribution in [3.05, 3.63) is 17.8 Å². The first-order valence-electron chi connectivity index (χ1n) is 5.76. The van der Waals surface area contributed by atoms with Crippen molar-refractivity contribution in [2.75, 3.05) is 11.9 Å². The molecule has 0 bridgehead atoms. The van der Waals surface area contributed by atoms with E-state index in [1.54, 1.807) is 12.3 Å². The van der Waals surface area contributed by atoms with E-state index in [9.17, 15) is 0 Å². The number of oxime groups is 1. The van der Waals surface area contributed by atoms with E-state index < -0.39 is 0 Å². The van der Waals surface area contributed by atoms with Gasteiger partial charge >= 0.3 is 0 Å². The van der Waals surface area contributed by atoms with E-state index in [4.69, 9.17) is 10.9 Å². The van der Waals surface area contributed by atoms with Crippen LogP contribution in [0.15, 0.2) is 17.4 Å². The van der Waals surface area contributed by atoms with Crippen LogP contribution >= 0.6 is 0 Å². The fourth-order valence-electron chi connectivity index (χ4n) is 2.30. The molecular weight excluding hydrogens is 218 g/mol. The van der Waals surface area contributed by atoms with Crippen molar-refractivity contribution in [3.8, 4) is 0 Å². The lowest BCUT2D eigenvalue weighted by molar-refractivity contribution is 0.318. The zero-order chi connectivity index (χ0) is 12.3. The number of hydrogen-bond donors (Lipinski definition) is 2. The van der Waals surface area contributed by atoms with Gasteiger partial charge < -0.3 is 15.8 Å². The van der Waals surface area contributed by atoms with Crippen LogP contribution in [0.2, 0.25) is 0 Å². The summed E-state index contributed by atoms with van der Waals surface area (Å²) < 4.78 is 0. The lowest BCUT2D eigenvalue weighted by Crippen LogP contribution is -2.32. The van der Waals surface area contributed by atoms with Gasteiger partial charge in [-0.1, -0.05) is 18.0 Å². The average Bonchev–Trinajstić information content (AvgIpc) is 2.91. The number of nitrogens with two attached hydrogens (primary N) is 1. The first-order chi connectivity index (χ1) is 8.24. The molecule has 0 aliphatic heterocycles. The molecular formula is C11H17N5O. The van der Waals surface area contributed by atoms with Crippen LogP contribution in [-0.4, -0.2) is 34.3 Å². The third kappa shape index (κ3) is 2.30. The molecule has 6 nitrogen and oxygen atoms in total. The summed E-state index contributed by atoms with van der Waals surface area (Å²) in [6, 6.07) is 2.18. The molecule has 1 aromatic heterocycles. The molecule has 1 saturated carbocycles. The normalized spacial score (nSPS) is 17.4. The van der Waals surface area contributed by atoms with Crippen molar-refractivity contribution >= 4 is 11.7 Å². The second-order valence-electron chi connectivity index (χ2n) is 4.30. The molecule has 0 saturated heterocycles. The van der Waals surface area contributed by atoms with Crippen molar-refractivity contribution < 1.29 is 5.21 Å². The van der Waals surface area contributed by atoms with E-state index in [1.807, 2.05) is 7.05 Å². The molecule has 1 fully saturated rings. The Morgan fingerprint density at radius 2 is 2.24 bits per heavy atom. The monoisotopic (exact) mass is 235 g/mol. The highest BCUT2D eigenvalue weighted by Gasteiger charge is 2.23. The zero-order valence-electron chi connectivity index (χ0n) is 9.87. The Morgan fingerprint density at radius 3 is 2.88 bits per heavy atom. The zero-order valence-corrected chi connectivity index (χ0v) is 9.87. The summed E-state index contributed by atoms with van der Waals surface area (Å²) in [5.41, 5.74) is 6.26. The van der Waals surface area contributed by atoms with Crippen LogP contribution in [-0.2, 0) is 0 Å². The Labute approximate surface area is 100 Å². The summed E-state index contributed by atoms with van der Waals surface area (Å²) in [6.07, 6.45) is 6.34. The highest BCUT2D eigenvalue weighted by atomic mass is 16.4. The summed E-state index contributed by atoms with van der Waals surface area (Å²) in [6.45, 7) is 0. The van der Waals surface area contributed by atoms with Crippen molar-refractivity contribution in [3.63, 3.8) is 0 Å². The quantitative estimate of drug-likeness (QED) is 0.352. The molecule has 0 aromatic carbocycles. The van der Waals surface area contributed by atoms with Crippen LogP contribution in [0.1, 0.15) is 31.2 Å². The van der Waals surface area contributed by atoms with Crippen molar-refractivity contribution in [2.45, 2.75) is 31.7 Å². The Hall–Kier alpha value is -1.85. The van der Waals surface area contributed by atoms with Crippen LogP contribution in [0.3, 0.4) is 0 Å². The maximum atomic E-state index is 8.76. The number of rotatable bonds is 3. The first-order valence-corrected chi connectivity index (χ1v) is 5.76. The molecule has 1 heterocycles. The third-order valence-corrected chi connectivity index (χ3v) is 3.29. The van der Waals surface area contributed by atoms with Crippen LogP contribution in [0.4, 0.5) is 5.82 Å². The average molecular weight is 235 g/mol. The van der Waals surface area contributed by atoms with Gasteiger partial charge in [0.1, 0.15) is 0 Å². The van der Waals surface area contributed by atoms with E-state index in [-0.39, 0.29) is 5.84 Å². The lowest BCUT2D eigenvalue weighted by atomic mass is 10.2. The molecule has 92 valence electrons. The third-order valence-electron chi connectivity index (χ3n) is 3.29. The molecule has 0 amide bonds. The molecule has 1 aromatic rings. The Balaban J connectivity index is 2.30. The van der Waals surface area contributed by atoms with Gasteiger partial charge in [0.25, 0.3) is 0 Å². The van der Waals surface area contributed by atoms with E-state index in [0.29, 0.717) is 17.4 Å². The van der Waals surface area contributed by atoms with Crippen LogP contribution in [0, 0.1) is 0 Å². The van der Waals surface area contributed by atoms with E-state index in [1.165, 1.54) is 12.8 Å². The van der Waals surface area contributed by atoms with Gasteiger partial charge in [-0.15, -0.1) is 5.10 Å². The minimum absolute atomic E-state index is 0.0692. The Morgan fingerprint density at radius 1 is 1.53 bits per heavy atom. The molecule has 1 aliphatic rings. The van der Waals surface area contributed by atoms with E-state index >= 15 is 0 Å². The van der Waals surface area contributed by atoms with E-state index in [2.05, 4.69) is 20.3 Å². The maximum absolute atomic E-state index is 8.76. The second kappa shape index (κ2) is 4.99. The summed E-state index contributed by atoms with van der Waals surface area (Å²) >= 11 is 0. The SMILES string of the molecule is CN(c1nnccc1/C(N)=N/O)C1CCCC1. The fraction of sp³-hybridized carbons (Fsp3) is 0.545. The predicted octanol–water partition coefficient (Wildman–Crippen LogP) is 0.950. The number of aromatic nitrogens is 2. The van der Waals surface area contributed by atoms with Crippen molar-refractivity contribution in [1.29, 1.82) is 0 Å². The van der Waals surface area contributed by atoms with Crippen LogP contribution < -0.4 is 10.6 Å². The molecule has 0 atom stereocenters. The number of anilines is 1. The van der Waals surface area contributed by atoms with Gasteiger partial charge in [-0.2, -0.15) is 5.10 Å². The van der Waals surface area contributed by atoms with Gasteiger partial charge in [-0.25, -0.2) is 0 Å². The second-order valence-corrected chi connectivity index (χ2v) is 4.30. The molecule has 0 unspecified atom stereocenters. The topological polar surface area (TPSA) is 87.6 Å².